The SMILES string of the molecule is CCCc1noc(COC(=O)c2ccc(-c3ccc4c(c3)OCCO4)s2)n1. The van der Waals surface area contributed by atoms with Crippen LogP contribution in [0.2, 0.25) is 0 Å². The number of hydrogen-bond donors (Lipinski definition) is 0. The number of thiophene rings is 1. The predicted octanol–water partition coefficient (Wildman–Crippen LogP) is 3.88. The Morgan fingerprint density at radius 1 is 1.19 bits per heavy atom. The molecule has 0 spiro atoms. The van der Waals surface area contributed by atoms with E-state index in [1.54, 1.807) is 6.07 Å². The minimum atomic E-state index is -0.418. The third-order valence-corrected chi connectivity index (χ3v) is 5.06. The molecule has 1 aliphatic heterocycles. The molecule has 3 heterocycles. The molecule has 4 rings (SSSR count). The quantitative estimate of drug-likeness (QED) is 0.595. The van der Waals surface area contributed by atoms with Crippen molar-refractivity contribution >= 4 is 17.3 Å². The smallest absolute Gasteiger partial charge is 0.348 e. The number of benzene rings is 1. The lowest BCUT2D eigenvalue weighted by molar-refractivity contribution is 0.0435. The van der Waals surface area contributed by atoms with E-state index in [0.29, 0.717) is 29.8 Å². The van der Waals surface area contributed by atoms with Crippen molar-refractivity contribution in [2.45, 2.75) is 26.4 Å². The minimum absolute atomic E-state index is 0.0349. The van der Waals surface area contributed by atoms with E-state index in [1.807, 2.05) is 31.2 Å². The first kappa shape index (κ1) is 17.5. The Bertz CT molecular complexity index is 949. The van der Waals surface area contributed by atoms with Gasteiger partial charge in [0.15, 0.2) is 23.9 Å². The van der Waals surface area contributed by atoms with Crippen molar-refractivity contribution in [3.8, 4) is 21.9 Å². The van der Waals surface area contributed by atoms with E-state index in [9.17, 15) is 4.79 Å². The first-order valence-corrected chi connectivity index (χ1v) is 9.53. The largest absolute Gasteiger partial charge is 0.486 e. The first-order chi connectivity index (χ1) is 13.2. The fraction of sp³-hybridized carbons (Fsp3) is 0.316. The van der Waals surface area contributed by atoms with Crippen molar-refractivity contribution in [2.24, 2.45) is 0 Å². The van der Waals surface area contributed by atoms with Gasteiger partial charge in [0.2, 0.25) is 0 Å². The van der Waals surface area contributed by atoms with Crippen molar-refractivity contribution in [3.63, 3.8) is 0 Å². The van der Waals surface area contributed by atoms with E-state index < -0.39 is 5.97 Å². The second-order valence-corrected chi connectivity index (χ2v) is 7.04. The summed E-state index contributed by atoms with van der Waals surface area (Å²) in [4.78, 5) is 17.9. The van der Waals surface area contributed by atoms with E-state index >= 15 is 0 Å². The molecule has 0 aliphatic carbocycles. The van der Waals surface area contributed by atoms with Gasteiger partial charge in [-0.25, -0.2) is 4.79 Å². The Balaban J connectivity index is 1.41. The van der Waals surface area contributed by atoms with E-state index in [2.05, 4.69) is 10.1 Å². The first-order valence-electron chi connectivity index (χ1n) is 8.71. The second-order valence-electron chi connectivity index (χ2n) is 5.95. The van der Waals surface area contributed by atoms with Gasteiger partial charge in [-0.15, -0.1) is 11.3 Å². The average Bonchev–Trinajstić information content (AvgIpc) is 3.36. The summed E-state index contributed by atoms with van der Waals surface area (Å²) in [5.74, 6) is 1.97. The molecule has 27 heavy (non-hydrogen) atoms. The molecule has 1 aromatic carbocycles. The highest BCUT2D eigenvalue weighted by molar-refractivity contribution is 7.17. The van der Waals surface area contributed by atoms with Gasteiger partial charge in [0.25, 0.3) is 5.89 Å². The molecule has 0 atom stereocenters. The van der Waals surface area contributed by atoms with Crippen LogP contribution in [0.25, 0.3) is 10.4 Å². The molecule has 8 heteroatoms. The van der Waals surface area contributed by atoms with Crippen LogP contribution in [0.4, 0.5) is 0 Å². The molecule has 0 saturated carbocycles. The average molecular weight is 386 g/mol. The van der Waals surface area contributed by atoms with E-state index in [4.69, 9.17) is 18.7 Å². The number of esters is 1. The zero-order valence-electron chi connectivity index (χ0n) is 14.8. The molecule has 0 N–H and O–H groups in total. The van der Waals surface area contributed by atoms with E-state index in [-0.39, 0.29) is 6.61 Å². The second kappa shape index (κ2) is 7.79. The summed E-state index contributed by atoms with van der Waals surface area (Å²) >= 11 is 1.36. The molecule has 7 nitrogen and oxygen atoms in total. The molecule has 140 valence electrons. The Labute approximate surface area is 159 Å². The maximum atomic E-state index is 12.3. The van der Waals surface area contributed by atoms with Gasteiger partial charge < -0.3 is 18.7 Å². The number of fused-ring (bicyclic) bond motifs is 1. The van der Waals surface area contributed by atoms with Crippen molar-refractivity contribution in [1.29, 1.82) is 0 Å². The number of ether oxygens (including phenoxy) is 3. The fourth-order valence-corrected chi connectivity index (χ4v) is 3.57. The molecule has 2 aromatic heterocycles. The maximum absolute atomic E-state index is 12.3. The lowest BCUT2D eigenvalue weighted by atomic mass is 10.1. The van der Waals surface area contributed by atoms with Gasteiger partial charge in [-0.2, -0.15) is 4.98 Å². The summed E-state index contributed by atoms with van der Waals surface area (Å²) in [6.07, 6.45) is 1.66. The minimum Gasteiger partial charge on any atom is -0.486 e. The third kappa shape index (κ3) is 3.95. The van der Waals surface area contributed by atoms with Crippen molar-refractivity contribution < 1.29 is 23.5 Å². The predicted molar refractivity (Wildman–Crippen MR) is 98.2 cm³/mol. The highest BCUT2D eigenvalue weighted by Crippen LogP contribution is 2.37. The Morgan fingerprint density at radius 2 is 2.04 bits per heavy atom. The third-order valence-electron chi connectivity index (χ3n) is 3.94. The number of carbonyl (C=O) groups excluding carboxylic acids is 1. The van der Waals surface area contributed by atoms with Gasteiger partial charge in [0, 0.05) is 11.3 Å². The number of nitrogens with zero attached hydrogens (tertiary/aromatic N) is 2. The normalized spacial score (nSPS) is 12.8. The summed E-state index contributed by atoms with van der Waals surface area (Å²) in [7, 11) is 0. The van der Waals surface area contributed by atoms with Crippen molar-refractivity contribution in [3.05, 3.63) is 46.9 Å². The molecule has 0 amide bonds. The molecule has 0 saturated heterocycles. The van der Waals surface area contributed by atoms with Gasteiger partial charge >= 0.3 is 5.97 Å². The molecule has 0 unspecified atom stereocenters. The van der Waals surface area contributed by atoms with Gasteiger partial charge in [0.05, 0.1) is 0 Å². The van der Waals surface area contributed by atoms with Crippen LogP contribution in [-0.4, -0.2) is 29.3 Å². The van der Waals surface area contributed by atoms with Crippen LogP contribution in [0.1, 0.15) is 34.7 Å². The highest BCUT2D eigenvalue weighted by atomic mass is 32.1. The summed E-state index contributed by atoms with van der Waals surface area (Å²) in [5.41, 5.74) is 0.962. The molecule has 0 bridgehead atoms. The van der Waals surface area contributed by atoms with Crippen LogP contribution < -0.4 is 9.47 Å². The van der Waals surface area contributed by atoms with Gasteiger partial charge in [-0.3, -0.25) is 0 Å². The van der Waals surface area contributed by atoms with E-state index in [0.717, 1.165) is 34.8 Å². The molecule has 0 fully saturated rings. The zero-order chi connectivity index (χ0) is 18.6. The lowest BCUT2D eigenvalue weighted by Gasteiger charge is -2.18. The Morgan fingerprint density at radius 3 is 2.89 bits per heavy atom. The topological polar surface area (TPSA) is 83.7 Å². The molecule has 0 radical (unpaired) electrons. The van der Waals surface area contributed by atoms with Crippen LogP contribution >= 0.6 is 11.3 Å². The number of carbonyl (C=O) groups is 1. The number of aryl methyl sites for hydroxylation is 1. The number of hydrogen-bond acceptors (Lipinski definition) is 8. The van der Waals surface area contributed by atoms with Crippen LogP contribution in [0.15, 0.2) is 34.9 Å². The lowest BCUT2D eigenvalue weighted by Crippen LogP contribution is -2.15. The van der Waals surface area contributed by atoms with Gasteiger partial charge in [-0.05, 0) is 42.3 Å². The monoisotopic (exact) mass is 386 g/mol. The highest BCUT2D eigenvalue weighted by Gasteiger charge is 2.16. The van der Waals surface area contributed by atoms with Crippen molar-refractivity contribution in [1.82, 2.24) is 10.1 Å². The van der Waals surface area contributed by atoms with Crippen LogP contribution in [-0.2, 0) is 17.8 Å². The van der Waals surface area contributed by atoms with Crippen LogP contribution in [0.3, 0.4) is 0 Å². The maximum Gasteiger partial charge on any atom is 0.348 e. The summed E-state index contributed by atoms with van der Waals surface area (Å²) < 4.78 is 21.5. The van der Waals surface area contributed by atoms with E-state index in [1.165, 1.54) is 11.3 Å². The number of aromatic nitrogens is 2. The van der Waals surface area contributed by atoms with Crippen LogP contribution in [0.5, 0.6) is 11.5 Å². The molecule has 1 aliphatic rings. The number of rotatable bonds is 6. The van der Waals surface area contributed by atoms with Gasteiger partial charge in [0.1, 0.15) is 18.1 Å². The Kier molecular flexibility index (Phi) is 5.06. The molecule has 3 aromatic rings. The summed E-state index contributed by atoms with van der Waals surface area (Å²) in [6, 6.07) is 9.38. The summed E-state index contributed by atoms with van der Waals surface area (Å²) in [5, 5.41) is 3.84. The Hall–Kier alpha value is -2.87. The van der Waals surface area contributed by atoms with Gasteiger partial charge in [-0.1, -0.05) is 12.1 Å². The fourth-order valence-electron chi connectivity index (χ4n) is 2.67. The zero-order valence-corrected chi connectivity index (χ0v) is 15.6. The van der Waals surface area contributed by atoms with Crippen LogP contribution in [0, 0.1) is 0 Å². The summed E-state index contributed by atoms with van der Waals surface area (Å²) in [6.45, 7) is 3.09. The van der Waals surface area contributed by atoms with Crippen molar-refractivity contribution in [2.75, 3.05) is 13.2 Å². The molecular formula is C19H18N2O5S. The standard InChI is InChI=1S/C19H18N2O5S/c1-2-3-17-20-18(26-21-17)11-25-19(22)16-7-6-15(27-16)12-4-5-13-14(10-12)24-9-8-23-13/h4-7,10H,2-3,8-9,11H2,1H3. The molecular weight excluding hydrogens is 368 g/mol.